The molecule has 2 aromatic carbocycles. The molecule has 0 aliphatic heterocycles. The lowest BCUT2D eigenvalue weighted by Gasteiger charge is -2.19. The lowest BCUT2D eigenvalue weighted by atomic mass is 9.91. The fraction of sp³-hybridized carbons (Fsp3) is 0.516. The molecule has 0 spiro atoms. The highest BCUT2D eigenvalue weighted by Gasteiger charge is 2.21. The number of alkyl halides is 1. The maximum atomic E-state index is 13.7. The number of unbranched alkanes of at least 4 members (excludes halogenated alkanes) is 1. The summed E-state index contributed by atoms with van der Waals surface area (Å²) >= 11 is 0. The third-order valence-corrected chi connectivity index (χ3v) is 5.86. The molecule has 33 heavy (non-hydrogen) atoms. The molecule has 0 saturated carbocycles. The fourth-order valence-electron chi connectivity index (χ4n) is 3.23. The van der Waals surface area contributed by atoms with Crippen molar-refractivity contribution < 1.29 is 4.39 Å². The van der Waals surface area contributed by atoms with Crippen molar-refractivity contribution in [2.75, 3.05) is 0 Å². The third-order valence-electron chi connectivity index (χ3n) is 5.86. The molecular weight excluding hydrogens is 405 g/mol. The first-order chi connectivity index (χ1) is 15.3. The van der Waals surface area contributed by atoms with Crippen LogP contribution in [0.4, 0.5) is 10.1 Å². The topological polar surface area (TPSA) is 12.4 Å². The molecule has 0 unspecified atom stereocenters. The molecule has 0 saturated heterocycles. The van der Waals surface area contributed by atoms with Gasteiger partial charge in [0, 0.05) is 11.3 Å². The number of nitrogens with zero attached hydrogens (tertiary/aromatic N) is 1. The molecule has 2 rings (SSSR count). The van der Waals surface area contributed by atoms with E-state index in [1.54, 1.807) is 13.8 Å². The summed E-state index contributed by atoms with van der Waals surface area (Å²) in [6, 6.07) is 10.2. The van der Waals surface area contributed by atoms with Crippen molar-refractivity contribution in [2.45, 2.75) is 108 Å². The normalized spacial score (nSPS) is 11.2. The number of halogens is 1. The number of aliphatic imine (C=N–C) groups is 1. The predicted molar refractivity (Wildman–Crippen MR) is 149 cm³/mol. The van der Waals surface area contributed by atoms with Gasteiger partial charge in [0.05, 0.1) is 5.69 Å². The smallest absolute Gasteiger partial charge is 0.130 e. The van der Waals surface area contributed by atoms with Crippen LogP contribution in [0.25, 0.3) is 5.57 Å². The van der Waals surface area contributed by atoms with E-state index < -0.39 is 5.67 Å². The van der Waals surface area contributed by atoms with Crippen LogP contribution in [-0.2, 0) is 12.1 Å². The standard InChI is InChI=1S/C15H21N.C12H17F.C4H10/c1-7-13(6)16-15-9-12(5)11(4)8-14(15)10(2)3;1-5-10-7-6-8-11(9(10)2)12(3,4)13;1-3-4-2/h8-9H,2,7H2,1,3-6H3;6-8H,5H2,1-4H3;3-4H2,1-2H3. The van der Waals surface area contributed by atoms with E-state index in [0.717, 1.165) is 46.5 Å². The molecule has 2 aromatic rings. The van der Waals surface area contributed by atoms with E-state index in [1.807, 2.05) is 26.0 Å². The second kappa shape index (κ2) is 14.8. The highest BCUT2D eigenvalue weighted by Crippen LogP contribution is 2.30. The van der Waals surface area contributed by atoms with Gasteiger partial charge in [-0.05, 0) is 107 Å². The summed E-state index contributed by atoms with van der Waals surface area (Å²) in [4.78, 5) is 4.66. The number of hydrogen-bond acceptors (Lipinski definition) is 1. The van der Waals surface area contributed by atoms with E-state index in [-0.39, 0.29) is 0 Å². The van der Waals surface area contributed by atoms with Crippen molar-refractivity contribution in [3.05, 3.63) is 70.3 Å². The molecule has 184 valence electrons. The first kappa shape index (κ1) is 30.8. The number of rotatable bonds is 6. The maximum Gasteiger partial charge on any atom is 0.130 e. The minimum absolute atomic E-state index is 0.812. The van der Waals surface area contributed by atoms with Crippen LogP contribution in [0, 0.1) is 20.8 Å². The van der Waals surface area contributed by atoms with Crippen molar-refractivity contribution in [1.82, 2.24) is 0 Å². The monoisotopic (exact) mass is 453 g/mol. The number of allylic oxidation sites excluding steroid dienone is 1. The summed E-state index contributed by atoms with van der Waals surface area (Å²) in [7, 11) is 0. The molecule has 0 N–H and O–H groups in total. The van der Waals surface area contributed by atoms with E-state index in [1.165, 1.54) is 29.5 Å². The number of benzene rings is 2. The van der Waals surface area contributed by atoms with Crippen LogP contribution >= 0.6 is 0 Å². The molecule has 0 aromatic heterocycles. The summed E-state index contributed by atoms with van der Waals surface area (Å²) in [6.45, 7) is 26.2. The Labute approximate surface area is 204 Å². The lowest BCUT2D eigenvalue weighted by molar-refractivity contribution is 0.220. The Morgan fingerprint density at radius 1 is 0.939 bits per heavy atom. The molecule has 0 amide bonds. The minimum atomic E-state index is -1.23. The fourth-order valence-corrected chi connectivity index (χ4v) is 3.23. The Bertz CT molecular complexity index is 911. The second-order valence-electron chi connectivity index (χ2n) is 9.35. The van der Waals surface area contributed by atoms with Crippen molar-refractivity contribution >= 4 is 17.0 Å². The average Bonchev–Trinajstić information content (AvgIpc) is 2.75. The van der Waals surface area contributed by atoms with Crippen molar-refractivity contribution in [2.24, 2.45) is 4.99 Å². The predicted octanol–water partition coefficient (Wildman–Crippen LogP) is 10.4. The van der Waals surface area contributed by atoms with Crippen LogP contribution in [0.15, 0.2) is 41.9 Å². The van der Waals surface area contributed by atoms with Crippen LogP contribution in [0.5, 0.6) is 0 Å². The highest BCUT2D eigenvalue weighted by molar-refractivity contribution is 5.86. The zero-order valence-electron chi connectivity index (χ0n) is 23.2. The van der Waals surface area contributed by atoms with Crippen LogP contribution in [-0.4, -0.2) is 5.71 Å². The molecular formula is C31H48FN. The van der Waals surface area contributed by atoms with Crippen molar-refractivity contribution in [3.8, 4) is 0 Å². The Balaban J connectivity index is 0.000000542. The number of hydrogen-bond donors (Lipinski definition) is 0. The van der Waals surface area contributed by atoms with Crippen LogP contribution in [0.3, 0.4) is 0 Å². The van der Waals surface area contributed by atoms with Gasteiger partial charge >= 0.3 is 0 Å². The Kier molecular flexibility index (Phi) is 13.8. The molecule has 0 bridgehead atoms. The van der Waals surface area contributed by atoms with Crippen LogP contribution in [0.1, 0.15) is 108 Å². The van der Waals surface area contributed by atoms with Gasteiger partial charge in [-0.25, -0.2) is 4.39 Å². The summed E-state index contributed by atoms with van der Waals surface area (Å²) < 4.78 is 13.7. The Morgan fingerprint density at radius 3 is 1.91 bits per heavy atom. The van der Waals surface area contributed by atoms with E-state index in [4.69, 9.17) is 0 Å². The molecule has 0 radical (unpaired) electrons. The zero-order valence-corrected chi connectivity index (χ0v) is 23.2. The maximum absolute atomic E-state index is 13.7. The molecule has 0 heterocycles. The van der Waals surface area contributed by atoms with Crippen molar-refractivity contribution in [1.29, 1.82) is 0 Å². The van der Waals surface area contributed by atoms with E-state index in [2.05, 4.69) is 78.2 Å². The summed E-state index contributed by atoms with van der Waals surface area (Å²) in [5, 5.41) is 0. The highest BCUT2D eigenvalue weighted by atomic mass is 19.1. The van der Waals surface area contributed by atoms with Gasteiger partial charge in [0.25, 0.3) is 0 Å². The van der Waals surface area contributed by atoms with Crippen LogP contribution in [0.2, 0.25) is 0 Å². The van der Waals surface area contributed by atoms with Gasteiger partial charge in [0.2, 0.25) is 0 Å². The molecule has 0 aliphatic carbocycles. The lowest BCUT2D eigenvalue weighted by Crippen LogP contribution is -2.12. The second-order valence-corrected chi connectivity index (χ2v) is 9.35. The molecule has 0 atom stereocenters. The third kappa shape index (κ3) is 10.5. The molecule has 0 fully saturated rings. The van der Waals surface area contributed by atoms with Gasteiger partial charge in [-0.3, -0.25) is 4.99 Å². The first-order valence-electron chi connectivity index (χ1n) is 12.4. The van der Waals surface area contributed by atoms with E-state index in [0.29, 0.717) is 0 Å². The quantitative estimate of drug-likeness (QED) is 0.386. The summed E-state index contributed by atoms with van der Waals surface area (Å²) in [5.74, 6) is 0. The van der Waals surface area contributed by atoms with Gasteiger partial charge in [0.1, 0.15) is 5.67 Å². The van der Waals surface area contributed by atoms with Gasteiger partial charge in [-0.15, -0.1) is 0 Å². The minimum Gasteiger partial charge on any atom is -0.258 e. The molecule has 0 aliphatic rings. The number of aryl methyl sites for hydroxylation is 3. The average molecular weight is 454 g/mol. The van der Waals surface area contributed by atoms with Crippen molar-refractivity contribution in [3.63, 3.8) is 0 Å². The first-order valence-corrected chi connectivity index (χ1v) is 12.4. The molecule has 1 nitrogen and oxygen atoms in total. The molecule has 2 heteroatoms. The largest absolute Gasteiger partial charge is 0.258 e. The van der Waals surface area contributed by atoms with E-state index >= 15 is 0 Å². The zero-order chi connectivity index (χ0) is 25.8. The Hall–Kier alpha value is -2.22. The van der Waals surface area contributed by atoms with Gasteiger partial charge < -0.3 is 0 Å². The van der Waals surface area contributed by atoms with Gasteiger partial charge in [-0.1, -0.05) is 65.3 Å². The SMILES string of the molecule is C=C(C)c1cc(C)c(C)cc1N=C(C)CC.CCCC.CCc1cccc(C(C)(C)F)c1C. The Morgan fingerprint density at radius 2 is 1.48 bits per heavy atom. The van der Waals surface area contributed by atoms with Crippen LogP contribution < -0.4 is 0 Å². The van der Waals surface area contributed by atoms with Gasteiger partial charge in [-0.2, -0.15) is 0 Å². The summed E-state index contributed by atoms with van der Waals surface area (Å²) in [5.41, 5.74) is 8.95. The van der Waals surface area contributed by atoms with Gasteiger partial charge in [0.15, 0.2) is 0 Å². The summed E-state index contributed by atoms with van der Waals surface area (Å²) in [6.07, 6.45) is 4.60. The van der Waals surface area contributed by atoms with E-state index in [9.17, 15) is 4.39 Å².